The van der Waals surface area contributed by atoms with Gasteiger partial charge in [0.25, 0.3) is 0 Å². The maximum atomic E-state index is 3.58. The summed E-state index contributed by atoms with van der Waals surface area (Å²) in [6, 6.07) is 7.51. The van der Waals surface area contributed by atoms with Gasteiger partial charge < -0.3 is 5.32 Å². The van der Waals surface area contributed by atoms with Crippen molar-refractivity contribution in [2.24, 2.45) is 0 Å². The third-order valence-corrected chi connectivity index (χ3v) is 3.66. The zero-order chi connectivity index (χ0) is 10.3. The standard InChI is InChI=1S/C13H18N2/c1-10-4-5-13-11(7-10)9-15-6-2-3-12(15)8-14-13/h4-5,7,12,14H,2-3,6,8-9H2,1H3. The van der Waals surface area contributed by atoms with Gasteiger partial charge in [0.1, 0.15) is 0 Å². The Bertz CT molecular complexity index is 373. The van der Waals surface area contributed by atoms with Crippen LogP contribution in [0.15, 0.2) is 18.2 Å². The Morgan fingerprint density at radius 1 is 1.40 bits per heavy atom. The van der Waals surface area contributed by atoms with Crippen molar-refractivity contribution < 1.29 is 0 Å². The average molecular weight is 202 g/mol. The van der Waals surface area contributed by atoms with Crippen LogP contribution in [0.25, 0.3) is 0 Å². The fourth-order valence-corrected chi connectivity index (χ4v) is 2.81. The molecule has 0 bridgehead atoms. The molecular formula is C13H18N2. The molecule has 1 N–H and O–H groups in total. The third-order valence-electron chi connectivity index (χ3n) is 3.66. The van der Waals surface area contributed by atoms with Crippen LogP contribution in [-0.4, -0.2) is 24.0 Å². The largest absolute Gasteiger partial charge is 0.383 e. The van der Waals surface area contributed by atoms with E-state index in [1.165, 1.54) is 36.2 Å². The van der Waals surface area contributed by atoms with E-state index in [0.717, 1.165) is 19.1 Å². The van der Waals surface area contributed by atoms with Gasteiger partial charge in [-0.25, -0.2) is 0 Å². The Balaban J connectivity index is 1.94. The minimum atomic E-state index is 0.762. The summed E-state index contributed by atoms with van der Waals surface area (Å²) in [7, 11) is 0. The van der Waals surface area contributed by atoms with E-state index >= 15 is 0 Å². The lowest BCUT2D eigenvalue weighted by atomic mass is 10.1. The SMILES string of the molecule is Cc1ccc2c(c1)CN1CCCC1CN2. The summed E-state index contributed by atoms with van der Waals surface area (Å²) in [4.78, 5) is 2.62. The molecule has 0 aliphatic carbocycles. The van der Waals surface area contributed by atoms with Crippen LogP contribution < -0.4 is 5.32 Å². The molecule has 0 radical (unpaired) electrons. The van der Waals surface area contributed by atoms with Crippen molar-refractivity contribution in [2.75, 3.05) is 18.4 Å². The number of aryl methyl sites for hydroxylation is 1. The van der Waals surface area contributed by atoms with Gasteiger partial charge in [-0.05, 0) is 37.9 Å². The van der Waals surface area contributed by atoms with Crippen LogP contribution >= 0.6 is 0 Å². The number of nitrogens with one attached hydrogen (secondary N) is 1. The van der Waals surface area contributed by atoms with Gasteiger partial charge in [-0.15, -0.1) is 0 Å². The van der Waals surface area contributed by atoms with Gasteiger partial charge in [-0.2, -0.15) is 0 Å². The van der Waals surface area contributed by atoms with Crippen LogP contribution in [0.2, 0.25) is 0 Å². The Morgan fingerprint density at radius 2 is 2.33 bits per heavy atom. The molecule has 3 rings (SSSR count). The van der Waals surface area contributed by atoms with Crippen molar-refractivity contribution in [2.45, 2.75) is 32.4 Å². The van der Waals surface area contributed by atoms with Crippen LogP contribution in [0, 0.1) is 6.92 Å². The molecule has 80 valence electrons. The normalized spacial score (nSPS) is 25.3. The molecule has 2 heterocycles. The first-order chi connectivity index (χ1) is 7.33. The molecule has 2 aliphatic rings. The molecule has 1 fully saturated rings. The second-order valence-electron chi connectivity index (χ2n) is 4.81. The van der Waals surface area contributed by atoms with Crippen molar-refractivity contribution in [3.8, 4) is 0 Å². The van der Waals surface area contributed by atoms with Crippen molar-refractivity contribution in [1.29, 1.82) is 0 Å². The van der Waals surface area contributed by atoms with Crippen LogP contribution in [-0.2, 0) is 6.54 Å². The van der Waals surface area contributed by atoms with E-state index in [-0.39, 0.29) is 0 Å². The highest BCUT2D eigenvalue weighted by atomic mass is 15.2. The molecule has 2 nitrogen and oxygen atoms in total. The Labute approximate surface area is 91.3 Å². The maximum Gasteiger partial charge on any atom is 0.0386 e. The lowest BCUT2D eigenvalue weighted by molar-refractivity contribution is 0.259. The average Bonchev–Trinajstić information content (AvgIpc) is 2.58. The number of nitrogens with zero attached hydrogens (tertiary/aromatic N) is 1. The van der Waals surface area contributed by atoms with E-state index in [4.69, 9.17) is 0 Å². The van der Waals surface area contributed by atoms with Gasteiger partial charge in [-0.1, -0.05) is 17.7 Å². The summed E-state index contributed by atoms with van der Waals surface area (Å²) < 4.78 is 0. The predicted octanol–water partition coefficient (Wildman–Crippen LogP) is 2.38. The summed E-state index contributed by atoms with van der Waals surface area (Å²) >= 11 is 0. The van der Waals surface area contributed by atoms with Crippen molar-refractivity contribution in [3.05, 3.63) is 29.3 Å². The van der Waals surface area contributed by atoms with E-state index in [2.05, 4.69) is 35.3 Å². The molecule has 1 aromatic rings. The Morgan fingerprint density at radius 3 is 3.27 bits per heavy atom. The Hall–Kier alpha value is -1.02. The lowest BCUT2D eigenvalue weighted by Crippen LogP contribution is -2.31. The quantitative estimate of drug-likeness (QED) is 0.695. The molecule has 0 saturated carbocycles. The molecule has 0 spiro atoms. The van der Waals surface area contributed by atoms with Crippen LogP contribution in [0.5, 0.6) is 0 Å². The number of anilines is 1. The molecule has 1 aromatic carbocycles. The lowest BCUT2D eigenvalue weighted by Gasteiger charge is -2.20. The molecule has 1 saturated heterocycles. The summed E-state index contributed by atoms with van der Waals surface area (Å²) in [5.41, 5.74) is 4.18. The second-order valence-corrected chi connectivity index (χ2v) is 4.81. The van der Waals surface area contributed by atoms with E-state index in [1.807, 2.05) is 0 Å². The molecule has 0 aromatic heterocycles. The topological polar surface area (TPSA) is 15.3 Å². The molecule has 0 amide bonds. The smallest absolute Gasteiger partial charge is 0.0386 e. The Kier molecular flexibility index (Phi) is 2.17. The van der Waals surface area contributed by atoms with Gasteiger partial charge in [0.2, 0.25) is 0 Å². The van der Waals surface area contributed by atoms with Gasteiger partial charge in [0.15, 0.2) is 0 Å². The summed E-state index contributed by atoms with van der Waals surface area (Å²) in [6.07, 6.45) is 2.73. The van der Waals surface area contributed by atoms with Crippen LogP contribution in [0.3, 0.4) is 0 Å². The first-order valence-electron chi connectivity index (χ1n) is 5.90. The monoisotopic (exact) mass is 202 g/mol. The van der Waals surface area contributed by atoms with E-state index < -0.39 is 0 Å². The second kappa shape index (κ2) is 3.53. The first kappa shape index (κ1) is 9.22. The molecule has 2 aliphatic heterocycles. The van der Waals surface area contributed by atoms with E-state index in [1.54, 1.807) is 0 Å². The van der Waals surface area contributed by atoms with E-state index in [0.29, 0.717) is 0 Å². The molecule has 1 atom stereocenters. The number of hydrogen-bond donors (Lipinski definition) is 1. The zero-order valence-corrected chi connectivity index (χ0v) is 9.29. The number of fused-ring (bicyclic) bond motifs is 2. The van der Waals surface area contributed by atoms with E-state index in [9.17, 15) is 0 Å². The highest BCUT2D eigenvalue weighted by molar-refractivity contribution is 5.53. The summed E-state index contributed by atoms with van der Waals surface area (Å²) in [5, 5.41) is 3.58. The van der Waals surface area contributed by atoms with Gasteiger partial charge in [-0.3, -0.25) is 4.90 Å². The summed E-state index contributed by atoms with van der Waals surface area (Å²) in [5.74, 6) is 0. The van der Waals surface area contributed by atoms with Gasteiger partial charge >= 0.3 is 0 Å². The van der Waals surface area contributed by atoms with Crippen molar-refractivity contribution in [1.82, 2.24) is 4.90 Å². The first-order valence-corrected chi connectivity index (χ1v) is 5.90. The van der Waals surface area contributed by atoms with Crippen molar-refractivity contribution in [3.63, 3.8) is 0 Å². The van der Waals surface area contributed by atoms with Gasteiger partial charge in [0, 0.05) is 24.8 Å². The van der Waals surface area contributed by atoms with Crippen LogP contribution in [0.1, 0.15) is 24.0 Å². The molecule has 15 heavy (non-hydrogen) atoms. The predicted molar refractivity (Wildman–Crippen MR) is 63.1 cm³/mol. The third kappa shape index (κ3) is 1.63. The number of hydrogen-bond acceptors (Lipinski definition) is 2. The maximum absolute atomic E-state index is 3.58. The zero-order valence-electron chi connectivity index (χ0n) is 9.29. The highest BCUT2D eigenvalue weighted by Gasteiger charge is 2.27. The van der Waals surface area contributed by atoms with Crippen LogP contribution in [0.4, 0.5) is 5.69 Å². The summed E-state index contributed by atoms with van der Waals surface area (Å²) in [6.45, 7) is 5.71. The molecular weight excluding hydrogens is 184 g/mol. The fraction of sp³-hybridized carbons (Fsp3) is 0.538. The molecule has 2 heteroatoms. The highest BCUT2D eigenvalue weighted by Crippen LogP contribution is 2.28. The van der Waals surface area contributed by atoms with Crippen molar-refractivity contribution >= 4 is 5.69 Å². The minimum Gasteiger partial charge on any atom is -0.383 e. The van der Waals surface area contributed by atoms with Gasteiger partial charge in [0.05, 0.1) is 0 Å². The minimum absolute atomic E-state index is 0.762. The molecule has 1 unspecified atom stereocenters. The number of rotatable bonds is 0. The fourth-order valence-electron chi connectivity index (χ4n) is 2.81. The number of benzene rings is 1.